The molecule has 0 saturated carbocycles. The highest BCUT2D eigenvalue weighted by Gasteiger charge is 2.23. The Labute approximate surface area is 136 Å². The van der Waals surface area contributed by atoms with Crippen LogP contribution in [0.15, 0.2) is 24.3 Å². The minimum absolute atomic E-state index is 0.0183. The van der Waals surface area contributed by atoms with Gasteiger partial charge in [-0.25, -0.2) is 4.79 Å². The highest BCUT2D eigenvalue weighted by Crippen LogP contribution is 2.17. The molecule has 1 heterocycles. The van der Waals surface area contributed by atoms with Gasteiger partial charge >= 0.3 is 6.09 Å². The molecular formula is C17H24N2O4. The summed E-state index contributed by atoms with van der Waals surface area (Å²) >= 11 is 0. The third kappa shape index (κ3) is 5.47. The molecule has 0 unspecified atom stereocenters. The van der Waals surface area contributed by atoms with Gasteiger partial charge in [0.1, 0.15) is 5.75 Å². The van der Waals surface area contributed by atoms with Crippen LogP contribution < -0.4 is 10.1 Å². The van der Waals surface area contributed by atoms with Gasteiger partial charge in [-0.3, -0.25) is 4.79 Å². The summed E-state index contributed by atoms with van der Waals surface area (Å²) in [6.07, 6.45) is 1.46. The quantitative estimate of drug-likeness (QED) is 0.900. The number of benzene rings is 1. The Morgan fingerprint density at radius 1 is 1.30 bits per heavy atom. The molecule has 23 heavy (non-hydrogen) atoms. The van der Waals surface area contributed by atoms with Crippen molar-refractivity contribution < 1.29 is 19.1 Å². The fourth-order valence-corrected chi connectivity index (χ4v) is 2.61. The number of carbonyl (C=O) groups excluding carboxylic acids is 2. The van der Waals surface area contributed by atoms with Crippen LogP contribution in [0.2, 0.25) is 0 Å². The van der Waals surface area contributed by atoms with Crippen molar-refractivity contribution in [1.29, 1.82) is 0 Å². The van der Waals surface area contributed by atoms with E-state index < -0.39 is 0 Å². The van der Waals surface area contributed by atoms with Gasteiger partial charge in [0.15, 0.2) is 6.61 Å². The average Bonchev–Trinajstić information content (AvgIpc) is 2.58. The molecule has 1 aliphatic rings. The largest absolute Gasteiger partial charge is 0.484 e. The molecule has 2 amide bonds. The average molecular weight is 320 g/mol. The highest BCUT2D eigenvalue weighted by molar-refractivity contribution is 5.77. The molecule has 0 aliphatic carbocycles. The molecule has 0 bridgehead atoms. The zero-order valence-corrected chi connectivity index (χ0v) is 13.7. The van der Waals surface area contributed by atoms with Gasteiger partial charge < -0.3 is 19.7 Å². The number of likely N-dealkylation sites (tertiary alicyclic amines) is 1. The summed E-state index contributed by atoms with van der Waals surface area (Å²) in [5, 5.41) is 2.90. The molecule has 1 aromatic carbocycles. The van der Waals surface area contributed by atoms with Crippen molar-refractivity contribution in [2.24, 2.45) is 5.92 Å². The number of rotatable bonds is 5. The fourth-order valence-electron chi connectivity index (χ4n) is 2.61. The van der Waals surface area contributed by atoms with E-state index in [-0.39, 0.29) is 18.6 Å². The van der Waals surface area contributed by atoms with Crippen LogP contribution in [0.4, 0.5) is 4.79 Å². The van der Waals surface area contributed by atoms with Crippen molar-refractivity contribution in [3.8, 4) is 5.75 Å². The summed E-state index contributed by atoms with van der Waals surface area (Å²) in [5.41, 5.74) is 1.10. The zero-order valence-electron chi connectivity index (χ0n) is 13.7. The zero-order chi connectivity index (χ0) is 16.7. The number of piperidine rings is 1. The number of nitrogens with one attached hydrogen (secondary N) is 1. The molecule has 1 saturated heterocycles. The summed E-state index contributed by atoms with van der Waals surface area (Å²) in [5.74, 6) is 0.965. The van der Waals surface area contributed by atoms with Crippen molar-refractivity contribution in [2.75, 3.05) is 33.4 Å². The third-order valence-corrected chi connectivity index (χ3v) is 3.99. The Bertz CT molecular complexity index is 539. The molecule has 1 N–H and O–H groups in total. The van der Waals surface area contributed by atoms with E-state index in [9.17, 15) is 9.59 Å². The van der Waals surface area contributed by atoms with Gasteiger partial charge in [0.25, 0.3) is 5.91 Å². The Hall–Kier alpha value is -2.24. The molecule has 1 aromatic rings. The number of hydrogen-bond acceptors (Lipinski definition) is 4. The van der Waals surface area contributed by atoms with E-state index >= 15 is 0 Å². The fraction of sp³-hybridized carbons (Fsp3) is 0.529. The standard InChI is InChI=1S/C17H24N2O4/c1-13-4-3-5-15(10-13)23-12-16(20)18-11-14-6-8-19(9-7-14)17(21)22-2/h3-5,10,14H,6-9,11-12H2,1-2H3,(H,18,20). The van der Waals surface area contributed by atoms with Crippen molar-refractivity contribution >= 4 is 12.0 Å². The molecule has 6 heteroatoms. The lowest BCUT2D eigenvalue weighted by Crippen LogP contribution is -2.42. The maximum Gasteiger partial charge on any atom is 0.409 e. The second kappa shape index (κ2) is 8.41. The van der Waals surface area contributed by atoms with Gasteiger partial charge in [0.2, 0.25) is 0 Å². The lowest BCUT2D eigenvalue weighted by Gasteiger charge is -2.30. The first kappa shape index (κ1) is 17.1. The first-order chi connectivity index (χ1) is 11.1. The lowest BCUT2D eigenvalue weighted by atomic mass is 9.97. The number of methoxy groups -OCH3 is 1. The van der Waals surface area contributed by atoms with Gasteiger partial charge in [-0.15, -0.1) is 0 Å². The Morgan fingerprint density at radius 3 is 2.70 bits per heavy atom. The summed E-state index contributed by atoms with van der Waals surface area (Å²) in [7, 11) is 1.39. The SMILES string of the molecule is COC(=O)N1CCC(CNC(=O)COc2cccc(C)c2)CC1. The molecule has 0 atom stereocenters. The lowest BCUT2D eigenvalue weighted by molar-refractivity contribution is -0.123. The van der Waals surface area contributed by atoms with Crippen LogP contribution in [-0.2, 0) is 9.53 Å². The van der Waals surface area contributed by atoms with Crippen LogP contribution >= 0.6 is 0 Å². The van der Waals surface area contributed by atoms with E-state index in [4.69, 9.17) is 9.47 Å². The van der Waals surface area contributed by atoms with E-state index in [1.807, 2.05) is 31.2 Å². The van der Waals surface area contributed by atoms with Crippen molar-refractivity contribution in [1.82, 2.24) is 10.2 Å². The van der Waals surface area contributed by atoms with Gasteiger partial charge in [-0.2, -0.15) is 0 Å². The van der Waals surface area contributed by atoms with Gasteiger partial charge in [-0.1, -0.05) is 12.1 Å². The van der Waals surface area contributed by atoms with Crippen LogP contribution in [0.25, 0.3) is 0 Å². The topological polar surface area (TPSA) is 67.9 Å². The normalized spacial score (nSPS) is 15.1. The summed E-state index contributed by atoms with van der Waals surface area (Å²) in [6, 6.07) is 7.61. The second-order valence-electron chi connectivity index (χ2n) is 5.81. The molecule has 1 fully saturated rings. The van der Waals surface area contributed by atoms with Crippen LogP contribution in [0.5, 0.6) is 5.75 Å². The number of amides is 2. The Kier molecular flexibility index (Phi) is 6.26. The van der Waals surface area contributed by atoms with Crippen LogP contribution in [-0.4, -0.2) is 50.3 Å². The molecule has 1 aliphatic heterocycles. The molecule has 0 aromatic heterocycles. The monoisotopic (exact) mass is 320 g/mol. The number of ether oxygens (including phenoxy) is 2. The number of aryl methyl sites for hydroxylation is 1. The summed E-state index contributed by atoms with van der Waals surface area (Å²) < 4.78 is 10.2. The van der Waals surface area contributed by atoms with E-state index in [1.165, 1.54) is 7.11 Å². The predicted molar refractivity (Wildman–Crippen MR) is 86.4 cm³/mol. The van der Waals surface area contributed by atoms with Crippen molar-refractivity contribution in [3.63, 3.8) is 0 Å². The van der Waals surface area contributed by atoms with E-state index in [0.29, 0.717) is 31.3 Å². The van der Waals surface area contributed by atoms with Crippen molar-refractivity contribution in [3.05, 3.63) is 29.8 Å². The van der Waals surface area contributed by atoms with Crippen LogP contribution in [0.3, 0.4) is 0 Å². The molecule has 6 nitrogen and oxygen atoms in total. The molecule has 2 rings (SSSR count). The minimum Gasteiger partial charge on any atom is -0.484 e. The molecular weight excluding hydrogens is 296 g/mol. The summed E-state index contributed by atoms with van der Waals surface area (Å²) in [6.45, 7) is 3.96. The third-order valence-electron chi connectivity index (χ3n) is 3.99. The van der Waals surface area contributed by atoms with E-state index in [0.717, 1.165) is 18.4 Å². The molecule has 0 radical (unpaired) electrons. The maximum absolute atomic E-state index is 11.8. The maximum atomic E-state index is 11.8. The first-order valence-electron chi connectivity index (χ1n) is 7.87. The number of nitrogens with zero attached hydrogens (tertiary/aromatic N) is 1. The van der Waals surface area contributed by atoms with E-state index in [1.54, 1.807) is 4.90 Å². The second-order valence-corrected chi connectivity index (χ2v) is 5.81. The first-order valence-corrected chi connectivity index (χ1v) is 7.87. The number of hydrogen-bond donors (Lipinski definition) is 1. The highest BCUT2D eigenvalue weighted by atomic mass is 16.5. The van der Waals surface area contributed by atoms with Crippen LogP contribution in [0, 0.1) is 12.8 Å². The predicted octanol–water partition coefficient (Wildman–Crippen LogP) is 1.97. The van der Waals surface area contributed by atoms with Gasteiger partial charge in [0.05, 0.1) is 7.11 Å². The van der Waals surface area contributed by atoms with Crippen molar-refractivity contribution in [2.45, 2.75) is 19.8 Å². The van der Waals surface area contributed by atoms with Gasteiger partial charge in [-0.05, 0) is 43.4 Å². The minimum atomic E-state index is -0.279. The van der Waals surface area contributed by atoms with Gasteiger partial charge in [0, 0.05) is 19.6 Å². The smallest absolute Gasteiger partial charge is 0.409 e. The van der Waals surface area contributed by atoms with E-state index in [2.05, 4.69) is 5.32 Å². The van der Waals surface area contributed by atoms with Crippen LogP contribution in [0.1, 0.15) is 18.4 Å². The Morgan fingerprint density at radius 2 is 2.04 bits per heavy atom. The molecule has 126 valence electrons. The molecule has 0 spiro atoms. The Balaban J connectivity index is 1.64. The number of carbonyl (C=O) groups is 2. The summed E-state index contributed by atoms with van der Waals surface area (Å²) in [4.78, 5) is 24.9.